The number of methoxy groups -OCH3 is 1. The standard InChI is InChI=1S/C16H21N3O5S.ClH/c1-23-14-4-12-13(24-8-16(20)18-12)5-15(14)25(21,22)19-6-9-2-3-11(17)10(9)7-19;/h4-5,9-11H,2-3,6-8,17H2,1H3,(H,18,20);1H. The minimum atomic E-state index is -3.73. The number of hydrogen-bond donors (Lipinski definition) is 2. The summed E-state index contributed by atoms with van der Waals surface area (Å²) in [5, 5.41) is 2.65. The van der Waals surface area contributed by atoms with Crippen molar-refractivity contribution in [1.82, 2.24) is 4.31 Å². The number of amides is 1. The van der Waals surface area contributed by atoms with Crippen molar-refractivity contribution in [1.29, 1.82) is 0 Å². The molecule has 1 aromatic rings. The Hall–Kier alpha value is -1.55. The second-order valence-corrected chi connectivity index (χ2v) is 8.73. The first-order valence-corrected chi connectivity index (χ1v) is 9.74. The number of carbonyl (C=O) groups excluding carboxylic acids is 1. The quantitative estimate of drug-likeness (QED) is 0.772. The monoisotopic (exact) mass is 403 g/mol. The molecule has 1 aliphatic carbocycles. The molecule has 3 N–H and O–H groups in total. The second kappa shape index (κ2) is 6.88. The number of fused-ring (bicyclic) bond motifs is 2. The lowest BCUT2D eigenvalue weighted by molar-refractivity contribution is -0.118. The summed E-state index contributed by atoms with van der Waals surface area (Å²) in [6.45, 7) is 0.784. The lowest BCUT2D eigenvalue weighted by Crippen LogP contribution is -2.34. The number of sulfonamides is 1. The maximum Gasteiger partial charge on any atom is 0.262 e. The van der Waals surface area contributed by atoms with Crippen LogP contribution in [-0.4, -0.2) is 51.5 Å². The molecule has 3 aliphatic rings. The van der Waals surface area contributed by atoms with Gasteiger partial charge in [0.2, 0.25) is 10.0 Å². The number of halogens is 1. The van der Waals surface area contributed by atoms with Crippen LogP contribution in [0.3, 0.4) is 0 Å². The van der Waals surface area contributed by atoms with Gasteiger partial charge in [0.05, 0.1) is 12.8 Å². The summed E-state index contributed by atoms with van der Waals surface area (Å²) in [6, 6.07) is 2.98. The number of anilines is 1. The Kier molecular flexibility index (Phi) is 5.08. The number of ether oxygens (including phenoxy) is 2. The summed E-state index contributed by atoms with van der Waals surface area (Å²) in [4.78, 5) is 11.5. The van der Waals surface area contributed by atoms with Crippen LogP contribution in [0.5, 0.6) is 11.5 Å². The predicted molar refractivity (Wildman–Crippen MR) is 97.3 cm³/mol. The third-order valence-electron chi connectivity index (χ3n) is 5.40. The van der Waals surface area contributed by atoms with E-state index in [2.05, 4.69) is 5.32 Å². The summed E-state index contributed by atoms with van der Waals surface area (Å²) in [7, 11) is -2.33. The molecular formula is C16H22ClN3O5S. The van der Waals surface area contributed by atoms with Gasteiger partial charge in [0, 0.05) is 31.3 Å². The number of benzene rings is 1. The maximum absolute atomic E-state index is 13.2. The van der Waals surface area contributed by atoms with Gasteiger partial charge in [-0.3, -0.25) is 4.79 Å². The van der Waals surface area contributed by atoms with Crippen molar-refractivity contribution in [2.45, 2.75) is 23.8 Å². The highest BCUT2D eigenvalue weighted by molar-refractivity contribution is 7.89. The molecule has 1 amide bonds. The zero-order chi connectivity index (χ0) is 17.8. The molecule has 2 fully saturated rings. The lowest BCUT2D eigenvalue weighted by atomic mass is 9.98. The van der Waals surface area contributed by atoms with Crippen LogP contribution in [0.4, 0.5) is 5.69 Å². The van der Waals surface area contributed by atoms with Gasteiger partial charge in [-0.25, -0.2) is 8.42 Å². The molecule has 0 spiro atoms. The third-order valence-corrected chi connectivity index (χ3v) is 7.25. The van der Waals surface area contributed by atoms with Crippen molar-refractivity contribution in [3.8, 4) is 11.5 Å². The van der Waals surface area contributed by atoms with Gasteiger partial charge in [-0.15, -0.1) is 12.4 Å². The maximum atomic E-state index is 13.2. The first-order valence-electron chi connectivity index (χ1n) is 8.30. The van der Waals surface area contributed by atoms with Crippen LogP contribution in [0.15, 0.2) is 17.0 Å². The summed E-state index contributed by atoms with van der Waals surface area (Å²) in [6.07, 6.45) is 1.92. The molecule has 0 radical (unpaired) electrons. The summed E-state index contributed by atoms with van der Waals surface area (Å²) >= 11 is 0. The van der Waals surface area contributed by atoms with Gasteiger partial charge in [-0.1, -0.05) is 0 Å². The van der Waals surface area contributed by atoms with Gasteiger partial charge in [0.15, 0.2) is 6.61 Å². The Morgan fingerprint density at radius 3 is 2.77 bits per heavy atom. The molecule has 8 nitrogen and oxygen atoms in total. The molecule has 1 saturated heterocycles. The molecular weight excluding hydrogens is 382 g/mol. The first kappa shape index (κ1) is 19.2. The van der Waals surface area contributed by atoms with E-state index in [1.54, 1.807) is 0 Å². The summed E-state index contributed by atoms with van der Waals surface area (Å²) < 4.78 is 38.4. The Morgan fingerprint density at radius 2 is 2.08 bits per heavy atom. The highest BCUT2D eigenvalue weighted by Gasteiger charge is 2.45. The van der Waals surface area contributed by atoms with Gasteiger partial charge >= 0.3 is 0 Å². The number of rotatable bonds is 3. The predicted octanol–water partition coefficient (Wildman–Crippen LogP) is 0.806. The lowest BCUT2D eigenvalue weighted by Gasteiger charge is -2.23. The highest BCUT2D eigenvalue weighted by Crippen LogP contribution is 2.42. The Morgan fingerprint density at radius 1 is 1.31 bits per heavy atom. The minimum absolute atomic E-state index is 0. The van der Waals surface area contributed by atoms with Crippen LogP contribution in [0.1, 0.15) is 12.8 Å². The molecule has 0 aromatic heterocycles. The van der Waals surface area contributed by atoms with Gasteiger partial charge in [0.1, 0.15) is 16.4 Å². The van der Waals surface area contributed by atoms with Crippen LogP contribution in [0.2, 0.25) is 0 Å². The van der Waals surface area contributed by atoms with Gasteiger partial charge in [-0.05, 0) is 24.7 Å². The van der Waals surface area contributed by atoms with Crippen LogP contribution < -0.4 is 20.5 Å². The Labute approximate surface area is 158 Å². The molecule has 144 valence electrons. The molecule has 1 saturated carbocycles. The van der Waals surface area contributed by atoms with E-state index in [0.29, 0.717) is 30.4 Å². The average Bonchev–Trinajstić information content (AvgIpc) is 3.16. The smallest absolute Gasteiger partial charge is 0.262 e. The van der Waals surface area contributed by atoms with Crippen molar-refractivity contribution >= 4 is 34.0 Å². The number of hydrogen-bond acceptors (Lipinski definition) is 6. The van der Waals surface area contributed by atoms with Gasteiger partial charge < -0.3 is 20.5 Å². The zero-order valence-corrected chi connectivity index (χ0v) is 15.9. The van der Waals surface area contributed by atoms with E-state index in [9.17, 15) is 13.2 Å². The molecule has 2 heterocycles. The van der Waals surface area contributed by atoms with E-state index in [-0.39, 0.29) is 47.5 Å². The van der Waals surface area contributed by atoms with Crippen molar-refractivity contribution in [2.24, 2.45) is 17.6 Å². The van der Waals surface area contributed by atoms with Crippen molar-refractivity contribution < 1.29 is 22.7 Å². The Balaban J connectivity index is 0.00000196. The number of nitrogens with zero attached hydrogens (tertiary/aromatic N) is 1. The molecule has 26 heavy (non-hydrogen) atoms. The van der Waals surface area contributed by atoms with Crippen molar-refractivity contribution in [3.05, 3.63) is 12.1 Å². The largest absolute Gasteiger partial charge is 0.495 e. The van der Waals surface area contributed by atoms with Crippen LogP contribution in [0, 0.1) is 11.8 Å². The topological polar surface area (TPSA) is 111 Å². The SMILES string of the molecule is COc1cc2c(cc1S(=O)(=O)N1CC3CCC(N)C3C1)OCC(=O)N2.Cl. The molecule has 3 atom stereocenters. The van der Waals surface area contributed by atoms with E-state index >= 15 is 0 Å². The Bertz CT molecular complexity index is 831. The molecule has 3 unspecified atom stereocenters. The summed E-state index contributed by atoms with van der Waals surface area (Å²) in [5.74, 6) is 0.769. The van der Waals surface area contributed by atoms with E-state index in [4.69, 9.17) is 15.2 Å². The molecule has 1 aromatic carbocycles. The van der Waals surface area contributed by atoms with Gasteiger partial charge in [-0.2, -0.15) is 4.31 Å². The highest BCUT2D eigenvalue weighted by atomic mass is 35.5. The average molecular weight is 404 g/mol. The fourth-order valence-electron chi connectivity index (χ4n) is 4.05. The van der Waals surface area contributed by atoms with E-state index < -0.39 is 10.0 Å². The molecule has 10 heteroatoms. The number of nitrogens with two attached hydrogens (primary N) is 1. The van der Waals surface area contributed by atoms with E-state index in [0.717, 1.165) is 12.8 Å². The fraction of sp³-hybridized carbons (Fsp3) is 0.562. The zero-order valence-electron chi connectivity index (χ0n) is 14.3. The molecule has 2 aliphatic heterocycles. The van der Waals surface area contributed by atoms with Crippen LogP contribution in [0.25, 0.3) is 0 Å². The number of carbonyl (C=O) groups is 1. The first-order chi connectivity index (χ1) is 11.9. The molecule has 4 rings (SSSR count). The van der Waals surface area contributed by atoms with Crippen LogP contribution in [-0.2, 0) is 14.8 Å². The minimum Gasteiger partial charge on any atom is -0.495 e. The van der Waals surface area contributed by atoms with E-state index in [1.807, 2.05) is 0 Å². The number of nitrogens with one attached hydrogen (secondary N) is 1. The summed E-state index contributed by atoms with van der Waals surface area (Å²) in [5.41, 5.74) is 6.53. The van der Waals surface area contributed by atoms with Crippen LogP contribution >= 0.6 is 12.4 Å². The van der Waals surface area contributed by atoms with Crippen molar-refractivity contribution in [3.63, 3.8) is 0 Å². The van der Waals surface area contributed by atoms with E-state index in [1.165, 1.54) is 23.5 Å². The normalized spacial score (nSPS) is 27.8. The van der Waals surface area contributed by atoms with Gasteiger partial charge in [0.25, 0.3) is 5.91 Å². The fourth-order valence-corrected chi connectivity index (χ4v) is 5.74. The third kappa shape index (κ3) is 3.02. The second-order valence-electron chi connectivity index (χ2n) is 6.82. The van der Waals surface area contributed by atoms with Crippen molar-refractivity contribution in [2.75, 3.05) is 32.1 Å². The molecule has 0 bridgehead atoms.